The Morgan fingerprint density at radius 1 is 1.07 bits per heavy atom. The molecule has 1 aliphatic heterocycles. The van der Waals surface area contributed by atoms with Gasteiger partial charge in [0.25, 0.3) is 5.91 Å². The van der Waals surface area contributed by atoms with Gasteiger partial charge in [-0.05, 0) is 56.2 Å². The number of ether oxygens (including phenoxy) is 2. The Morgan fingerprint density at radius 3 is 2.57 bits per heavy atom. The van der Waals surface area contributed by atoms with E-state index in [4.69, 9.17) is 9.47 Å². The van der Waals surface area contributed by atoms with Crippen LogP contribution in [0.15, 0.2) is 48.5 Å². The Bertz CT molecular complexity index is 1110. The second-order valence-electron chi connectivity index (χ2n) is 6.93. The molecule has 2 N–H and O–H groups in total. The maximum absolute atomic E-state index is 12.6. The topological polar surface area (TPSA) is 76.7 Å². The molecule has 0 unspecified atom stereocenters. The Kier molecular flexibility index (Phi) is 5.46. The van der Waals surface area contributed by atoms with Crippen molar-refractivity contribution in [3.63, 3.8) is 0 Å². The van der Waals surface area contributed by atoms with Crippen LogP contribution in [0.2, 0.25) is 0 Å². The van der Waals surface area contributed by atoms with E-state index in [2.05, 4.69) is 10.6 Å². The average molecular weight is 423 g/mol. The van der Waals surface area contributed by atoms with Gasteiger partial charge in [0.15, 0.2) is 11.5 Å². The zero-order chi connectivity index (χ0) is 21.3. The van der Waals surface area contributed by atoms with E-state index in [0.29, 0.717) is 29.2 Å². The number of carbonyl (C=O) groups excluding carboxylic acids is 2. The predicted molar refractivity (Wildman–Crippen MR) is 117 cm³/mol. The lowest BCUT2D eigenvalue weighted by Gasteiger charge is -2.27. The van der Waals surface area contributed by atoms with Crippen LogP contribution in [0, 0.1) is 13.8 Å². The van der Waals surface area contributed by atoms with Crippen molar-refractivity contribution in [2.24, 2.45) is 0 Å². The monoisotopic (exact) mass is 422 g/mol. The van der Waals surface area contributed by atoms with Crippen molar-refractivity contribution in [1.29, 1.82) is 0 Å². The van der Waals surface area contributed by atoms with Crippen LogP contribution in [0.1, 0.15) is 49.8 Å². The summed E-state index contributed by atoms with van der Waals surface area (Å²) in [5.41, 5.74) is 2.96. The summed E-state index contributed by atoms with van der Waals surface area (Å²) in [5.74, 6) is 0.218. The molecule has 0 spiro atoms. The zero-order valence-corrected chi connectivity index (χ0v) is 17.8. The molecular weight excluding hydrogens is 400 g/mol. The van der Waals surface area contributed by atoms with E-state index in [9.17, 15) is 9.59 Å². The zero-order valence-electron chi connectivity index (χ0n) is 16.9. The second kappa shape index (κ2) is 8.20. The van der Waals surface area contributed by atoms with Gasteiger partial charge in [0.2, 0.25) is 0 Å². The molecule has 2 heterocycles. The first-order valence-electron chi connectivity index (χ1n) is 9.69. The Labute approximate surface area is 178 Å². The molecule has 4 rings (SSSR count). The number of rotatable bonds is 5. The van der Waals surface area contributed by atoms with E-state index in [1.807, 2.05) is 32.9 Å². The van der Waals surface area contributed by atoms with Crippen molar-refractivity contribution in [1.82, 2.24) is 5.32 Å². The summed E-state index contributed by atoms with van der Waals surface area (Å²) >= 11 is 1.57. The quantitative estimate of drug-likeness (QED) is 0.455. The summed E-state index contributed by atoms with van der Waals surface area (Å²) in [6.07, 6.45) is -0.402. The summed E-state index contributed by atoms with van der Waals surface area (Å²) in [6.45, 7) is 6.23. The lowest BCUT2D eigenvalue weighted by molar-refractivity contribution is 0.0728. The van der Waals surface area contributed by atoms with Gasteiger partial charge in [-0.2, -0.15) is 0 Å². The normalized spacial score (nSPS) is 15.0. The van der Waals surface area contributed by atoms with Gasteiger partial charge >= 0.3 is 5.97 Å². The van der Waals surface area contributed by atoms with E-state index in [1.54, 1.807) is 47.7 Å². The number of nitrogens with one attached hydrogen (secondary N) is 2. The van der Waals surface area contributed by atoms with Crippen LogP contribution < -0.4 is 20.1 Å². The summed E-state index contributed by atoms with van der Waals surface area (Å²) in [6, 6.07) is 14.1. The summed E-state index contributed by atoms with van der Waals surface area (Å²) in [4.78, 5) is 26.2. The first kappa shape index (κ1) is 20.0. The van der Waals surface area contributed by atoms with E-state index < -0.39 is 12.1 Å². The van der Waals surface area contributed by atoms with Gasteiger partial charge < -0.3 is 20.1 Å². The average Bonchev–Trinajstić information content (AvgIpc) is 3.04. The summed E-state index contributed by atoms with van der Waals surface area (Å²) < 4.78 is 11.3. The molecule has 3 aromatic rings. The van der Waals surface area contributed by atoms with Crippen LogP contribution in [0.3, 0.4) is 0 Å². The molecule has 2 aromatic carbocycles. The number of fused-ring (bicyclic) bond motifs is 1. The molecular formula is C23H22N2O4S. The van der Waals surface area contributed by atoms with Crippen LogP contribution >= 0.6 is 11.3 Å². The Morgan fingerprint density at radius 2 is 1.83 bits per heavy atom. The summed E-state index contributed by atoms with van der Waals surface area (Å²) in [5, 5.41) is 7.23. The SMILES string of the molecule is CCOc1cc([C@H]2NC(=O)c3c(sc(C)c3C)N2)ccc1OC(=O)c1ccccc1. The van der Waals surface area contributed by atoms with Gasteiger partial charge in [0.1, 0.15) is 11.2 Å². The fraction of sp³-hybridized carbons (Fsp3) is 0.217. The van der Waals surface area contributed by atoms with E-state index in [0.717, 1.165) is 21.0 Å². The molecule has 1 aromatic heterocycles. The Hall–Kier alpha value is -3.32. The molecule has 0 aliphatic carbocycles. The number of amides is 1. The maximum atomic E-state index is 12.6. The van der Waals surface area contributed by atoms with Crippen LogP contribution in [0.25, 0.3) is 0 Å². The van der Waals surface area contributed by atoms with Crippen molar-refractivity contribution in [3.05, 3.63) is 75.7 Å². The van der Waals surface area contributed by atoms with Crippen molar-refractivity contribution >= 4 is 28.2 Å². The fourth-order valence-electron chi connectivity index (χ4n) is 3.33. The van der Waals surface area contributed by atoms with Gasteiger partial charge in [-0.3, -0.25) is 4.79 Å². The van der Waals surface area contributed by atoms with Crippen molar-refractivity contribution in [2.75, 3.05) is 11.9 Å². The summed E-state index contributed by atoms with van der Waals surface area (Å²) in [7, 11) is 0. The number of thiophene rings is 1. The van der Waals surface area contributed by atoms with Gasteiger partial charge in [0.05, 0.1) is 17.7 Å². The molecule has 1 amide bonds. The predicted octanol–water partition coefficient (Wildman–Crippen LogP) is 4.84. The third-order valence-electron chi connectivity index (χ3n) is 4.98. The minimum absolute atomic E-state index is 0.104. The minimum atomic E-state index is -0.456. The van der Waals surface area contributed by atoms with Gasteiger partial charge in [-0.1, -0.05) is 24.3 Å². The molecule has 154 valence electrons. The van der Waals surface area contributed by atoms with Crippen LogP contribution in [0.4, 0.5) is 5.00 Å². The van der Waals surface area contributed by atoms with Crippen molar-refractivity contribution in [2.45, 2.75) is 26.9 Å². The Balaban J connectivity index is 1.60. The molecule has 0 fully saturated rings. The molecule has 1 atom stereocenters. The second-order valence-corrected chi connectivity index (χ2v) is 8.16. The first-order chi connectivity index (χ1) is 14.5. The van der Waals surface area contributed by atoms with Crippen LogP contribution in [-0.4, -0.2) is 18.5 Å². The number of aryl methyl sites for hydroxylation is 1. The highest BCUT2D eigenvalue weighted by molar-refractivity contribution is 7.16. The van der Waals surface area contributed by atoms with Crippen LogP contribution in [-0.2, 0) is 0 Å². The maximum Gasteiger partial charge on any atom is 0.343 e. The fourth-order valence-corrected chi connectivity index (χ4v) is 4.41. The van der Waals surface area contributed by atoms with Gasteiger partial charge in [0, 0.05) is 4.88 Å². The minimum Gasteiger partial charge on any atom is -0.490 e. The molecule has 30 heavy (non-hydrogen) atoms. The number of carbonyl (C=O) groups is 2. The highest BCUT2D eigenvalue weighted by Crippen LogP contribution is 2.39. The third-order valence-corrected chi connectivity index (χ3v) is 6.11. The number of hydrogen-bond acceptors (Lipinski definition) is 6. The molecule has 0 saturated heterocycles. The number of anilines is 1. The molecule has 0 bridgehead atoms. The highest BCUT2D eigenvalue weighted by Gasteiger charge is 2.29. The van der Waals surface area contributed by atoms with E-state index in [1.165, 1.54) is 0 Å². The number of esters is 1. The lowest BCUT2D eigenvalue weighted by atomic mass is 10.1. The highest BCUT2D eigenvalue weighted by atomic mass is 32.1. The van der Waals surface area contributed by atoms with Crippen molar-refractivity contribution in [3.8, 4) is 11.5 Å². The molecule has 0 saturated carbocycles. The largest absolute Gasteiger partial charge is 0.490 e. The number of benzene rings is 2. The van der Waals surface area contributed by atoms with Crippen LogP contribution in [0.5, 0.6) is 11.5 Å². The molecule has 0 radical (unpaired) electrons. The smallest absolute Gasteiger partial charge is 0.343 e. The van der Waals surface area contributed by atoms with E-state index >= 15 is 0 Å². The number of hydrogen-bond donors (Lipinski definition) is 2. The lowest BCUT2D eigenvalue weighted by Crippen LogP contribution is -2.38. The first-order valence-corrected chi connectivity index (χ1v) is 10.5. The third kappa shape index (κ3) is 3.76. The van der Waals surface area contributed by atoms with Crippen molar-refractivity contribution < 1.29 is 19.1 Å². The standard InChI is InChI=1S/C23H22N2O4S/c1-4-28-18-12-16(10-11-17(18)29-23(27)15-8-6-5-7-9-15)20-24-21(26)19-13(2)14(3)30-22(19)25-20/h5-12,20,25H,4H2,1-3H3,(H,24,26)/t20-/m0/s1. The molecule has 6 nitrogen and oxygen atoms in total. The van der Waals surface area contributed by atoms with Gasteiger partial charge in [-0.15, -0.1) is 11.3 Å². The molecule has 1 aliphatic rings. The molecule has 7 heteroatoms. The van der Waals surface area contributed by atoms with Gasteiger partial charge in [-0.25, -0.2) is 4.79 Å². The van der Waals surface area contributed by atoms with E-state index in [-0.39, 0.29) is 5.91 Å².